The molecular formula is C24H33F3N4O6. The lowest BCUT2D eigenvalue weighted by atomic mass is 10.0. The highest BCUT2D eigenvalue weighted by Gasteiger charge is 2.38. The Balaban J connectivity index is 0.000000856. The van der Waals surface area contributed by atoms with E-state index in [0.717, 1.165) is 16.5 Å². The third-order valence-corrected chi connectivity index (χ3v) is 4.97. The Hall–Kier alpha value is -3.61. The fraction of sp³-hybridized carbons (Fsp3) is 0.500. The van der Waals surface area contributed by atoms with Crippen molar-refractivity contribution in [3.8, 4) is 0 Å². The largest absolute Gasteiger partial charge is 0.490 e. The highest BCUT2D eigenvalue weighted by Crippen LogP contribution is 2.19. The highest BCUT2D eigenvalue weighted by atomic mass is 19.4. The van der Waals surface area contributed by atoms with Crippen molar-refractivity contribution in [3.05, 3.63) is 36.0 Å². The van der Waals surface area contributed by atoms with E-state index < -0.39 is 24.2 Å². The molecule has 0 fully saturated rings. The smallest absolute Gasteiger partial charge is 0.475 e. The van der Waals surface area contributed by atoms with Gasteiger partial charge in [0.15, 0.2) is 0 Å². The van der Waals surface area contributed by atoms with Crippen molar-refractivity contribution in [2.45, 2.75) is 58.3 Å². The summed E-state index contributed by atoms with van der Waals surface area (Å²) < 4.78 is 36.6. The van der Waals surface area contributed by atoms with Crippen LogP contribution in [0.15, 0.2) is 30.5 Å². The van der Waals surface area contributed by atoms with E-state index in [1.165, 1.54) is 0 Å². The molecule has 2 aromatic rings. The van der Waals surface area contributed by atoms with E-state index in [4.69, 9.17) is 20.4 Å². The van der Waals surface area contributed by atoms with Crippen LogP contribution in [0.25, 0.3) is 10.9 Å². The minimum absolute atomic E-state index is 0.0696. The molecule has 0 saturated heterocycles. The summed E-state index contributed by atoms with van der Waals surface area (Å²) in [7, 11) is 0. The minimum Gasteiger partial charge on any atom is -0.475 e. The van der Waals surface area contributed by atoms with Gasteiger partial charge < -0.3 is 31.2 Å². The number of carbonyl (C=O) groups excluding carboxylic acids is 3. The van der Waals surface area contributed by atoms with E-state index >= 15 is 0 Å². The van der Waals surface area contributed by atoms with Gasteiger partial charge in [0.25, 0.3) is 0 Å². The average Bonchev–Trinajstić information content (AvgIpc) is 3.21. The lowest BCUT2D eigenvalue weighted by Gasteiger charge is -2.21. The molecule has 0 aliphatic rings. The maximum absolute atomic E-state index is 12.8. The maximum Gasteiger partial charge on any atom is 0.490 e. The second kappa shape index (κ2) is 14.8. The van der Waals surface area contributed by atoms with Gasteiger partial charge >= 0.3 is 18.1 Å². The normalized spacial score (nSPS) is 12.8. The van der Waals surface area contributed by atoms with Gasteiger partial charge in [-0.2, -0.15) is 13.2 Å². The summed E-state index contributed by atoms with van der Waals surface area (Å²) in [4.78, 5) is 48.9. The molecule has 1 aromatic heterocycles. The number of hydrogen-bond acceptors (Lipinski definition) is 6. The second-order valence-corrected chi connectivity index (χ2v) is 8.51. The van der Waals surface area contributed by atoms with Crippen LogP contribution in [0.3, 0.4) is 0 Å². The first kappa shape index (κ1) is 31.4. The van der Waals surface area contributed by atoms with Gasteiger partial charge in [-0.25, -0.2) is 4.79 Å². The van der Waals surface area contributed by atoms with E-state index in [-0.39, 0.29) is 36.7 Å². The summed E-state index contributed by atoms with van der Waals surface area (Å²) in [5.74, 6) is -3.61. The number of fused-ring (bicyclic) bond motifs is 1. The Kier molecular flexibility index (Phi) is 12.6. The van der Waals surface area contributed by atoms with Crippen LogP contribution in [0.4, 0.5) is 13.2 Å². The molecule has 1 heterocycles. The molecule has 6 N–H and O–H groups in total. The molecule has 13 heteroatoms. The monoisotopic (exact) mass is 530 g/mol. The molecule has 2 atom stereocenters. The van der Waals surface area contributed by atoms with Crippen molar-refractivity contribution in [1.82, 2.24) is 15.6 Å². The summed E-state index contributed by atoms with van der Waals surface area (Å²) in [5.41, 5.74) is 7.86. The second-order valence-electron chi connectivity index (χ2n) is 8.51. The Morgan fingerprint density at radius 2 is 1.76 bits per heavy atom. The van der Waals surface area contributed by atoms with Crippen molar-refractivity contribution < 1.29 is 42.2 Å². The highest BCUT2D eigenvalue weighted by molar-refractivity contribution is 5.91. The Morgan fingerprint density at radius 1 is 1.14 bits per heavy atom. The van der Waals surface area contributed by atoms with E-state index in [1.807, 2.05) is 44.3 Å². The molecule has 206 valence electrons. The zero-order valence-electron chi connectivity index (χ0n) is 20.9. The van der Waals surface area contributed by atoms with Crippen LogP contribution in [0, 0.1) is 5.92 Å². The number of benzene rings is 1. The summed E-state index contributed by atoms with van der Waals surface area (Å²) in [6.45, 7) is 6.12. The van der Waals surface area contributed by atoms with Gasteiger partial charge in [0.05, 0.1) is 19.1 Å². The number of halogens is 3. The molecule has 1 aromatic carbocycles. The fourth-order valence-corrected chi connectivity index (χ4v) is 3.27. The molecule has 0 bridgehead atoms. The average molecular weight is 531 g/mol. The fourth-order valence-electron chi connectivity index (χ4n) is 3.27. The molecule has 37 heavy (non-hydrogen) atoms. The summed E-state index contributed by atoms with van der Waals surface area (Å²) in [6.07, 6.45) is -2.35. The molecule has 0 spiro atoms. The van der Waals surface area contributed by atoms with Crippen LogP contribution in [0.1, 0.15) is 39.2 Å². The number of nitrogens with two attached hydrogens (primary N) is 1. The number of ether oxygens (including phenoxy) is 1. The van der Waals surface area contributed by atoms with Crippen molar-refractivity contribution in [2.75, 3.05) is 13.2 Å². The van der Waals surface area contributed by atoms with Crippen molar-refractivity contribution in [1.29, 1.82) is 0 Å². The zero-order valence-corrected chi connectivity index (χ0v) is 20.9. The van der Waals surface area contributed by atoms with Crippen LogP contribution >= 0.6 is 0 Å². The number of aromatic amines is 1. The first-order valence-corrected chi connectivity index (χ1v) is 11.6. The molecule has 0 aliphatic heterocycles. The quantitative estimate of drug-likeness (QED) is 0.278. The lowest BCUT2D eigenvalue weighted by molar-refractivity contribution is -0.192. The van der Waals surface area contributed by atoms with Gasteiger partial charge in [-0.3, -0.25) is 14.4 Å². The van der Waals surface area contributed by atoms with Gasteiger partial charge in [0, 0.05) is 30.1 Å². The molecule has 0 radical (unpaired) electrons. The van der Waals surface area contributed by atoms with Crippen molar-refractivity contribution in [2.24, 2.45) is 11.7 Å². The molecule has 2 rings (SSSR count). The minimum atomic E-state index is -5.08. The van der Waals surface area contributed by atoms with E-state index in [2.05, 4.69) is 15.6 Å². The summed E-state index contributed by atoms with van der Waals surface area (Å²) in [6, 6.07) is 6.26. The number of aliphatic carboxylic acids is 1. The molecule has 0 unspecified atom stereocenters. The van der Waals surface area contributed by atoms with E-state index in [1.54, 1.807) is 6.92 Å². The van der Waals surface area contributed by atoms with Gasteiger partial charge in [0.1, 0.15) is 6.04 Å². The number of carboxylic acids is 1. The lowest BCUT2D eigenvalue weighted by Crippen LogP contribution is -2.53. The number of hydrogen-bond donors (Lipinski definition) is 5. The number of esters is 1. The standard InChI is InChI=1S/C22H32N4O4.C2HF3O2/c1-4-30-20(27)9-10-24-22(29)19(26-21(28)17(23)11-14(2)3)12-15-13-25-18-8-6-5-7-16(15)18;3-2(4,5)1(6)7/h5-8,13-14,17,19,25H,4,9-12,23H2,1-3H3,(H,24,29)(H,26,28);(H,6,7)/t17-,19+;/m0./s1. The number of aromatic nitrogens is 1. The number of amides is 2. The molecule has 10 nitrogen and oxygen atoms in total. The first-order valence-electron chi connectivity index (χ1n) is 11.6. The molecular weight excluding hydrogens is 497 g/mol. The van der Waals surface area contributed by atoms with Gasteiger partial charge in [-0.1, -0.05) is 32.0 Å². The number of carboxylic acid groups (broad SMARTS) is 1. The topological polar surface area (TPSA) is 164 Å². The zero-order chi connectivity index (χ0) is 28.2. The summed E-state index contributed by atoms with van der Waals surface area (Å²) >= 11 is 0. The maximum atomic E-state index is 12.8. The number of nitrogens with one attached hydrogen (secondary N) is 3. The van der Waals surface area contributed by atoms with Crippen LogP contribution in [-0.4, -0.2) is 65.3 Å². The third-order valence-electron chi connectivity index (χ3n) is 4.97. The number of H-pyrrole nitrogens is 1. The number of carbonyl (C=O) groups is 4. The van der Waals surface area contributed by atoms with Crippen LogP contribution < -0.4 is 16.4 Å². The van der Waals surface area contributed by atoms with Crippen LogP contribution in [-0.2, 0) is 30.3 Å². The predicted octanol–water partition coefficient (Wildman–Crippen LogP) is 2.27. The molecule has 2 amide bonds. The predicted molar refractivity (Wildman–Crippen MR) is 129 cm³/mol. The van der Waals surface area contributed by atoms with Gasteiger partial charge in [-0.05, 0) is 30.9 Å². The van der Waals surface area contributed by atoms with Gasteiger partial charge in [0.2, 0.25) is 11.8 Å². The SMILES string of the molecule is CCOC(=O)CCNC(=O)[C@@H](Cc1c[nH]c2ccccc12)NC(=O)[C@@H](N)CC(C)C.O=C(O)C(F)(F)F. The Bertz CT molecular complexity index is 1050. The third kappa shape index (κ3) is 11.3. The van der Waals surface area contributed by atoms with Crippen molar-refractivity contribution in [3.63, 3.8) is 0 Å². The molecule has 0 aliphatic carbocycles. The van der Waals surface area contributed by atoms with E-state index in [0.29, 0.717) is 19.4 Å². The van der Waals surface area contributed by atoms with Crippen LogP contribution in [0.2, 0.25) is 0 Å². The van der Waals surface area contributed by atoms with Crippen LogP contribution in [0.5, 0.6) is 0 Å². The van der Waals surface area contributed by atoms with Crippen molar-refractivity contribution >= 4 is 34.7 Å². The number of rotatable bonds is 11. The van der Waals surface area contributed by atoms with Gasteiger partial charge in [-0.15, -0.1) is 0 Å². The Morgan fingerprint density at radius 3 is 2.32 bits per heavy atom. The first-order chi connectivity index (χ1) is 17.3. The number of para-hydroxylation sites is 1. The Labute approximate surface area is 212 Å². The summed E-state index contributed by atoms with van der Waals surface area (Å²) in [5, 5.41) is 13.6. The van der Waals surface area contributed by atoms with E-state index in [9.17, 15) is 27.6 Å². The number of alkyl halides is 3. The molecule has 0 saturated carbocycles.